The van der Waals surface area contributed by atoms with Gasteiger partial charge in [-0.2, -0.15) is 4.72 Å². The highest BCUT2D eigenvalue weighted by Crippen LogP contribution is 2.28. The van der Waals surface area contributed by atoms with Gasteiger partial charge in [0.2, 0.25) is 15.9 Å². The maximum Gasteiger partial charge on any atom is 0.244 e. The molecule has 0 aromatic heterocycles. The van der Waals surface area contributed by atoms with E-state index in [4.69, 9.17) is 0 Å². The van der Waals surface area contributed by atoms with Gasteiger partial charge in [-0.15, -0.1) is 0 Å². The number of hydrogen-bond acceptors (Lipinski definition) is 3. The fourth-order valence-electron chi connectivity index (χ4n) is 3.01. The minimum Gasteiger partial charge on any atom is -0.310 e. The fraction of sp³-hybridized carbons (Fsp3) is 0.278. The third-order valence-corrected chi connectivity index (χ3v) is 5.94. The average molecular weight is 344 g/mol. The number of benzene rings is 2. The number of hydrogen-bond donors (Lipinski definition) is 1. The second-order valence-electron chi connectivity index (χ2n) is 5.98. The molecular weight excluding hydrogens is 324 g/mol. The van der Waals surface area contributed by atoms with Crippen LogP contribution in [-0.4, -0.2) is 26.9 Å². The van der Waals surface area contributed by atoms with Gasteiger partial charge in [0.05, 0.1) is 10.9 Å². The molecule has 24 heavy (non-hydrogen) atoms. The largest absolute Gasteiger partial charge is 0.310 e. The number of carbonyl (C=O) groups is 1. The van der Waals surface area contributed by atoms with Crippen molar-refractivity contribution in [1.29, 1.82) is 0 Å². The molecule has 3 rings (SSSR count). The van der Waals surface area contributed by atoms with E-state index >= 15 is 0 Å². The van der Waals surface area contributed by atoms with Crippen molar-refractivity contribution in [3.63, 3.8) is 0 Å². The van der Waals surface area contributed by atoms with E-state index in [2.05, 4.69) is 4.72 Å². The van der Waals surface area contributed by atoms with Crippen LogP contribution in [0.3, 0.4) is 0 Å². The Labute approximate surface area is 142 Å². The summed E-state index contributed by atoms with van der Waals surface area (Å²) in [6, 6.07) is 13.6. The molecule has 1 atom stereocenters. The smallest absolute Gasteiger partial charge is 0.244 e. The summed E-state index contributed by atoms with van der Waals surface area (Å²) in [5, 5.41) is 0. The zero-order valence-electron chi connectivity index (χ0n) is 13.7. The second kappa shape index (κ2) is 6.37. The van der Waals surface area contributed by atoms with E-state index in [1.807, 2.05) is 24.3 Å². The maximum absolute atomic E-state index is 12.7. The Kier molecular flexibility index (Phi) is 4.43. The monoisotopic (exact) mass is 344 g/mol. The van der Waals surface area contributed by atoms with Crippen molar-refractivity contribution in [2.45, 2.75) is 31.2 Å². The third kappa shape index (κ3) is 3.07. The van der Waals surface area contributed by atoms with Crippen LogP contribution in [0.15, 0.2) is 53.4 Å². The van der Waals surface area contributed by atoms with Gasteiger partial charge in [-0.3, -0.25) is 4.79 Å². The van der Waals surface area contributed by atoms with Crippen molar-refractivity contribution in [1.82, 2.24) is 4.72 Å². The average Bonchev–Trinajstić information content (AvgIpc) is 2.98. The minimum atomic E-state index is -3.74. The standard InChI is InChI=1S/C18H20N2O3S/c1-13-7-3-6-10-17(13)24(22,23)19-14(2)18(21)20-12-11-15-8-4-5-9-16(15)20/h3-10,14,19H,11-12H2,1-2H3. The predicted octanol–water partition coefficient (Wildman–Crippen LogP) is 2.25. The Morgan fingerprint density at radius 2 is 1.79 bits per heavy atom. The second-order valence-corrected chi connectivity index (χ2v) is 7.66. The Hall–Kier alpha value is -2.18. The highest BCUT2D eigenvalue weighted by atomic mass is 32.2. The SMILES string of the molecule is Cc1ccccc1S(=O)(=O)NC(C)C(=O)N1CCc2ccccc21. The molecule has 1 N–H and O–H groups in total. The molecule has 2 aromatic rings. The van der Waals surface area contributed by atoms with E-state index in [0.29, 0.717) is 12.1 Å². The molecule has 0 bridgehead atoms. The molecule has 0 radical (unpaired) electrons. The van der Waals surface area contributed by atoms with Gasteiger partial charge in [-0.05, 0) is 43.5 Å². The molecule has 0 fully saturated rings. The molecule has 2 aromatic carbocycles. The maximum atomic E-state index is 12.7. The normalized spacial score (nSPS) is 15.2. The van der Waals surface area contributed by atoms with Crippen molar-refractivity contribution in [2.24, 2.45) is 0 Å². The third-order valence-electron chi connectivity index (χ3n) is 4.24. The summed E-state index contributed by atoms with van der Waals surface area (Å²) in [5.74, 6) is -0.239. The molecule has 5 nitrogen and oxygen atoms in total. The van der Waals surface area contributed by atoms with Gasteiger partial charge in [-0.25, -0.2) is 8.42 Å². The van der Waals surface area contributed by atoms with Crippen LogP contribution in [-0.2, 0) is 21.2 Å². The van der Waals surface area contributed by atoms with Crippen molar-refractivity contribution < 1.29 is 13.2 Å². The lowest BCUT2D eigenvalue weighted by atomic mass is 10.2. The van der Waals surface area contributed by atoms with Crippen LogP contribution in [0.25, 0.3) is 0 Å². The van der Waals surface area contributed by atoms with E-state index in [9.17, 15) is 13.2 Å². The first kappa shape index (κ1) is 16.7. The lowest BCUT2D eigenvalue weighted by Crippen LogP contribution is -2.46. The lowest BCUT2D eigenvalue weighted by Gasteiger charge is -2.22. The van der Waals surface area contributed by atoms with Crippen LogP contribution in [0.1, 0.15) is 18.1 Å². The molecule has 1 heterocycles. The number of nitrogens with one attached hydrogen (secondary N) is 1. The Bertz CT molecular complexity index is 877. The predicted molar refractivity (Wildman–Crippen MR) is 93.5 cm³/mol. The number of sulfonamides is 1. The van der Waals surface area contributed by atoms with E-state index in [0.717, 1.165) is 17.7 Å². The number of amides is 1. The fourth-order valence-corrected chi connectivity index (χ4v) is 4.45. The summed E-state index contributed by atoms with van der Waals surface area (Å²) in [7, 11) is -3.74. The zero-order valence-corrected chi connectivity index (χ0v) is 14.5. The summed E-state index contributed by atoms with van der Waals surface area (Å²) in [4.78, 5) is 14.6. The molecule has 1 aliphatic heterocycles. The summed E-state index contributed by atoms with van der Waals surface area (Å²) in [6.07, 6.45) is 0.791. The number of aryl methyl sites for hydroxylation is 1. The van der Waals surface area contributed by atoms with Gasteiger partial charge in [0.1, 0.15) is 0 Å². The summed E-state index contributed by atoms with van der Waals surface area (Å²) in [6.45, 7) is 3.89. The van der Waals surface area contributed by atoms with Crippen LogP contribution in [0.4, 0.5) is 5.69 Å². The van der Waals surface area contributed by atoms with Crippen molar-refractivity contribution in [2.75, 3.05) is 11.4 Å². The van der Waals surface area contributed by atoms with Crippen molar-refractivity contribution >= 4 is 21.6 Å². The van der Waals surface area contributed by atoms with Gasteiger partial charge in [0.15, 0.2) is 0 Å². The number of carbonyl (C=O) groups excluding carboxylic acids is 1. The zero-order chi connectivity index (χ0) is 17.3. The van der Waals surface area contributed by atoms with Gasteiger partial charge < -0.3 is 4.90 Å². The Morgan fingerprint density at radius 3 is 2.54 bits per heavy atom. The highest BCUT2D eigenvalue weighted by molar-refractivity contribution is 7.89. The van der Waals surface area contributed by atoms with Gasteiger partial charge in [0.25, 0.3) is 0 Å². The molecule has 6 heteroatoms. The summed E-state index contributed by atoms with van der Waals surface area (Å²) < 4.78 is 27.6. The van der Waals surface area contributed by atoms with Gasteiger partial charge >= 0.3 is 0 Å². The van der Waals surface area contributed by atoms with E-state index in [1.165, 1.54) is 0 Å². The first-order chi connectivity index (χ1) is 11.4. The van der Waals surface area contributed by atoms with Crippen LogP contribution in [0, 0.1) is 6.92 Å². The number of para-hydroxylation sites is 1. The molecule has 126 valence electrons. The molecule has 0 saturated heterocycles. The van der Waals surface area contributed by atoms with E-state index in [-0.39, 0.29) is 10.8 Å². The molecule has 1 unspecified atom stereocenters. The van der Waals surface area contributed by atoms with Crippen molar-refractivity contribution in [3.05, 3.63) is 59.7 Å². The van der Waals surface area contributed by atoms with Crippen LogP contribution in [0.2, 0.25) is 0 Å². The molecule has 0 aliphatic carbocycles. The Balaban J connectivity index is 1.79. The van der Waals surface area contributed by atoms with Crippen LogP contribution >= 0.6 is 0 Å². The summed E-state index contributed by atoms with van der Waals surface area (Å²) in [5.41, 5.74) is 2.63. The highest BCUT2D eigenvalue weighted by Gasteiger charge is 2.30. The lowest BCUT2D eigenvalue weighted by molar-refractivity contribution is -0.119. The number of rotatable bonds is 4. The Morgan fingerprint density at radius 1 is 1.12 bits per heavy atom. The number of anilines is 1. The number of fused-ring (bicyclic) bond motifs is 1. The summed E-state index contributed by atoms with van der Waals surface area (Å²) >= 11 is 0. The first-order valence-electron chi connectivity index (χ1n) is 7.87. The van der Waals surface area contributed by atoms with Crippen LogP contribution < -0.4 is 9.62 Å². The molecular formula is C18H20N2O3S. The van der Waals surface area contributed by atoms with E-state index < -0.39 is 16.1 Å². The van der Waals surface area contributed by atoms with Crippen molar-refractivity contribution in [3.8, 4) is 0 Å². The molecule has 1 aliphatic rings. The first-order valence-corrected chi connectivity index (χ1v) is 9.36. The van der Waals surface area contributed by atoms with Gasteiger partial charge in [0, 0.05) is 12.2 Å². The molecule has 0 saturated carbocycles. The molecule has 1 amide bonds. The number of nitrogens with zero attached hydrogens (tertiary/aromatic N) is 1. The quantitative estimate of drug-likeness (QED) is 0.925. The minimum absolute atomic E-state index is 0.200. The topological polar surface area (TPSA) is 66.5 Å². The van der Waals surface area contributed by atoms with Crippen LogP contribution in [0.5, 0.6) is 0 Å². The molecule has 0 spiro atoms. The van der Waals surface area contributed by atoms with Gasteiger partial charge in [-0.1, -0.05) is 36.4 Å². The van der Waals surface area contributed by atoms with E-state index in [1.54, 1.807) is 43.0 Å².